The average Bonchev–Trinajstić information content (AvgIpc) is 3.77. The van der Waals surface area contributed by atoms with E-state index in [2.05, 4.69) is 4.90 Å². The number of methoxy groups -OCH3 is 4. The van der Waals surface area contributed by atoms with Gasteiger partial charge in [0.1, 0.15) is 18.0 Å². The summed E-state index contributed by atoms with van der Waals surface area (Å²) >= 11 is 0. The molecule has 2 fully saturated rings. The van der Waals surface area contributed by atoms with Crippen molar-refractivity contribution in [2.75, 3.05) is 74.4 Å². The van der Waals surface area contributed by atoms with Crippen LogP contribution in [0.5, 0.6) is 23.0 Å². The van der Waals surface area contributed by atoms with Gasteiger partial charge in [-0.15, -0.1) is 0 Å². The third-order valence-corrected chi connectivity index (χ3v) is 8.81. The van der Waals surface area contributed by atoms with E-state index in [0.717, 1.165) is 49.9 Å². The maximum absolute atomic E-state index is 14.2. The zero-order valence-corrected chi connectivity index (χ0v) is 26.3. The Labute approximate surface area is 259 Å². The summed E-state index contributed by atoms with van der Waals surface area (Å²) in [5.41, 5.74) is 2.34. The van der Waals surface area contributed by atoms with E-state index in [4.69, 9.17) is 28.8 Å². The monoisotopic (exact) mass is 608 g/mol. The zero-order chi connectivity index (χ0) is 31.1. The van der Waals surface area contributed by atoms with Crippen LogP contribution in [0.4, 0.5) is 0 Å². The smallest absolute Gasteiger partial charge is 0.262 e. The number of carbonyl (C=O) groups excluding carboxylic acids is 2. The predicted molar refractivity (Wildman–Crippen MR) is 166 cm³/mol. The molecule has 1 saturated heterocycles. The number of carbonyl (C=O) groups is 2. The Morgan fingerprint density at radius 2 is 1.64 bits per heavy atom. The largest absolute Gasteiger partial charge is 0.497 e. The van der Waals surface area contributed by atoms with Crippen LogP contribution >= 0.6 is 0 Å². The van der Waals surface area contributed by atoms with Gasteiger partial charge in [-0.2, -0.15) is 5.10 Å². The van der Waals surface area contributed by atoms with Crippen LogP contribution in [0.15, 0.2) is 41.5 Å². The maximum Gasteiger partial charge on any atom is 0.262 e. The zero-order valence-electron chi connectivity index (χ0n) is 26.3. The molecule has 44 heavy (non-hydrogen) atoms. The summed E-state index contributed by atoms with van der Waals surface area (Å²) in [4.78, 5) is 32.0. The van der Waals surface area contributed by atoms with Crippen LogP contribution in [0.25, 0.3) is 0 Å². The summed E-state index contributed by atoms with van der Waals surface area (Å²) in [6.45, 7) is 4.16. The van der Waals surface area contributed by atoms with Crippen LogP contribution in [0, 0.1) is 5.92 Å². The van der Waals surface area contributed by atoms with Crippen LogP contribution in [0.3, 0.4) is 0 Å². The lowest BCUT2D eigenvalue weighted by molar-refractivity contribution is -0.144. The Morgan fingerprint density at radius 3 is 2.32 bits per heavy atom. The molecule has 2 aromatic carbocycles. The third kappa shape index (κ3) is 7.10. The molecule has 1 aliphatic carbocycles. The number of nitrogens with zero attached hydrogens (tertiary/aromatic N) is 4. The first-order chi connectivity index (χ1) is 21.4. The lowest BCUT2D eigenvalue weighted by atomic mass is 9.97. The molecule has 11 nitrogen and oxygen atoms in total. The van der Waals surface area contributed by atoms with Gasteiger partial charge in [-0.05, 0) is 42.7 Å². The quantitative estimate of drug-likeness (QED) is 0.359. The first kappa shape index (κ1) is 31.6. The van der Waals surface area contributed by atoms with E-state index in [1.54, 1.807) is 39.4 Å². The Bertz CT molecular complexity index is 1340. The fourth-order valence-electron chi connectivity index (χ4n) is 6.28. The molecule has 0 radical (unpaired) electrons. The van der Waals surface area contributed by atoms with E-state index >= 15 is 0 Å². The molecule has 5 rings (SSSR count). The second-order valence-electron chi connectivity index (χ2n) is 11.4. The standard InChI is InChI=1S/C33H44N4O7/c1-40-25-10-11-26(30(20-25)42-3)27-21-28(24-9-12-29(41-2)31(19-24)43-4)37(34-27)32(38)22-36(33(39)23-7-5-6-8-23)14-13-35-15-17-44-18-16-35/h9-12,19-20,23,28H,5-8,13-18,21-22H2,1-4H3/t28-/m0/s1. The van der Waals surface area contributed by atoms with Crippen molar-refractivity contribution in [2.24, 2.45) is 11.0 Å². The van der Waals surface area contributed by atoms with Crippen LogP contribution < -0.4 is 18.9 Å². The van der Waals surface area contributed by atoms with Gasteiger partial charge in [-0.25, -0.2) is 5.01 Å². The van der Waals surface area contributed by atoms with Gasteiger partial charge in [0.2, 0.25) is 5.91 Å². The van der Waals surface area contributed by atoms with E-state index in [-0.39, 0.29) is 24.3 Å². The summed E-state index contributed by atoms with van der Waals surface area (Å²) in [5.74, 6) is 2.22. The lowest BCUT2D eigenvalue weighted by Gasteiger charge is -2.32. The van der Waals surface area contributed by atoms with E-state index in [1.807, 2.05) is 30.3 Å². The van der Waals surface area contributed by atoms with Crippen molar-refractivity contribution in [3.63, 3.8) is 0 Å². The molecule has 2 aliphatic heterocycles. The fraction of sp³-hybridized carbons (Fsp3) is 0.545. The maximum atomic E-state index is 14.2. The van der Waals surface area contributed by atoms with Crippen LogP contribution in [-0.2, 0) is 14.3 Å². The molecule has 2 aromatic rings. The third-order valence-electron chi connectivity index (χ3n) is 8.81. The Morgan fingerprint density at radius 1 is 0.909 bits per heavy atom. The fourth-order valence-corrected chi connectivity index (χ4v) is 6.28. The van der Waals surface area contributed by atoms with Crippen molar-refractivity contribution in [2.45, 2.75) is 38.1 Å². The van der Waals surface area contributed by atoms with Crippen molar-refractivity contribution in [1.82, 2.24) is 14.8 Å². The highest BCUT2D eigenvalue weighted by Gasteiger charge is 2.37. The minimum atomic E-state index is -0.410. The van der Waals surface area contributed by atoms with Crippen LogP contribution in [0.1, 0.15) is 49.3 Å². The van der Waals surface area contributed by atoms with Gasteiger partial charge in [-0.3, -0.25) is 14.5 Å². The Balaban J connectivity index is 1.45. The van der Waals surface area contributed by atoms with Crippen molar-refractivity contribution in [1.29, 1.82) is 0 Å². The van der Waals surface area contributed by atoms with E-state index in [9.17, 15) is 9.59 Å². The number of benzene rings is 2. The molecule has 3 aliphatic rings. The Hall–Kier alpha value is -3.83. The molecule has 238 valence electrons. The summed E-state index contributed by atoms with van der Waals surface area (Å²) in [7, 11) is 6.38. The molecular formula is C33H44N4O7. The average molecular weight is 609 g/mol. The predicted octanol–water partition coefficient (Wildman–Crippen LogP) is 3.75. The van der Waals surface area contributed by atoms with Crippen molar-refractivity contribution >= 4 is 17.5 Å². The molecule has 1 atom stereocenters. The SMILES string of the molecule is COc1ccc(C2=NN(C(=O)CN(CCN3CCOCC3)C(=O)C3CCCC3)[C@H](c3ccc(OC)c(OC)c3)C2)c(OC)c1. The number of ether oxygens (including phenoxy) is 5. The minimum absolute atomic E-state index is 0.0321. The van der Waals surface area contributed by atoms with Crippen LogP contribution in [-0.4, -0.2) is 107 Å². The summed E-state index contributed by atoms with van der Waals surface area (Å²) in [6.07, 6.45) is 4.30. The number of hydrazone groups is 1. The molecule has 0 aromatic heterocycles. The minimum Gasteiger partial charge on any atom is -0.497 e. The van der Waals surface area contributed by atoms with Gasteiger partial charge >= 0.3 is 0 Å². The normalized spacial score (nSPS) is 19.0. The van der Waals surface area contributed by atoms with Crippen molar-refractivity contribution in [3.05, 3.63) is 47.5 Å². The van der Waals surface area contributed by atoms with Crippen molar-refractivity contribution < 1.29 is 33.3 Å². The van der Waals surface area contributed by atoms with Gasteiger partial charge in [0.05, 0.1) is 53.4 Å². The topological polar surface area (TPSA) is 102 Å². The molecule has 2 heterocycles. The van der Waals surface area contributed by atoms with Gasteiger partial charge in [0.15, 0.2) is 11.5 Å². The highest BCUT2D eigenvalue weighted by Crippen LogP contribution is 2.39. The van der Waals surface area contributed by atoms with Gasteiger partial charge in [-0.1, -0.05) is 18.9 Å². The molecule has 11 heteroatoms. The van der Waals surface area contributed by atoms with Crippen LogP contribution in [0.2, 0.25) is 0 Å². The summed E-state index contributed by atoms with van der Waals surface area (Å²) < 4.78 is 27.6. The molecule has 0 spiro atoms. The molecule has 0 unspecified atom stereocenters. The highest BCUT2D eigenvalue weighted by molar-refractivity contribution is 6.05. The summed E-state index contributed by atoms with van der Waals surface area (Å²) in [6, 6.07) is 10.8. The van der Waals surface area contributed by atoms with E-state index in [1.165, 1.54) is 5.01 Å². The number of hydrogen-bond acceptors (Lipinski definition) is 9. The summed E-state index contributed by atoms with van der Waals surface area (Å²) in [5, 5.41) is 6.41. The van der Waals surface area contributed by atoms with Gasteiger partial charge in [0, 0.05) is 50.1 Å². The second kappa shape index (κ2) is 14.8. The first-order valence-corrected chi connectivity index (χ1v) is 15.4. The number of amides is 2. The van der Waals surface area contributed by atoms with Gasteiger partial charge < -0.3 is 28.6 Å². The number of morpholine rings is 1. The highest BCUT2D eigenvalue weighted by atomic mass is 16.5. The Kier molecular flexibility index (Phi) is 10.6. The van der Waals surface area contributed by atoms with E-state index in [0.29, 0.717) is 61.4 Å². The molecule has 2 amide bonds. The number of rotatable bonds is 12. The number of hydrogen-bond donors (Lipinski definition) is 0. The lowest BCUT2D eigenvalue weighted by Crippen LogP contribution is -2.47. The molecule has 0 bridgehead atoms. The first-order valence-electron chi connectivity index (χ1n) is 15.4. The second-order valence-corrected chi connectivity index (χ2v) is 11.4. The van der Waals surface area contributed by atoms with Crippen molar-refractivity contribution in [3.8, 4) is 23.0 Å². The molecule has 1 saturated carbocycles. The van der Waals surface area contributed by atoms with E-state index < -0.39 is 6.04 Å². The van der Waals surface area contributed by atoms with Gasteiger partial charge in [0.25, 0.3) is 5.91 Å². The molecular weight excluding hydrogens is 564 g/mol. The molecule has 0 N–H and O–H groups in total.